The molecule has 0 rings (SSSR count). The van der Waals surface area contributed by atoms with Crippen molar-refractivity contribution in [3.05, 3.63) is 0 Å². The van der Waals surface area contributed by atoms with Gasteiger partial charge in [-0.15, -0.1) is 0 Å². The molecule has 0 heterocycles. The molecule has 0 spiro atoms. The van der Waals surface area contributed by atoms with Crippen molar-refractivity contribution >= 4 is 0 Å². The summed E-state index contributed by atoms with van der Waals surface area (Å²) in [4.78, 5) is 2.51. The van der Waals surface area contributed by atoms with Crippen LogP contribution in [0.3, 0.4) is 0 Å². The Morgan fingerprint density at radius 1 is 1.17 bits per heavy atom. The fraction of sp³-hybridized carbons (Fsp3) is 0.933. The summed E-state index contributed by atoms with van der Waals surface area (Å²) in [6.45, 7) is 14.1. The SMILES string of the molecule is CCCN(CCC)CCCC(C)(C#N)NC(C)C. The van der Waals surface area contributed by atoms with E-state index >= 15 is 0 Å². The zero-order chi connectivity index (χ0) is 14.0. The summed E-state index contributed by atoms with van der Waals surface area (Å²) < 4.78 is 0. The van der Waals surface area contributed by atoms with Crippen LogP contribution in [-0.4, -0.2) is 36.1 Å². The molecule has 0 saturated carbocycles. The van der Waals surface area contributed by atoms with Crippen molar-refractivity contribution in [3.63, 3.8) is 0 Å². The van der Waals surface area contributed by atoms with Gasteiger partial charge in [-0.1, -0.05) is 13.8 Å². The molecule has 0 saturated heterocycles. The lowest BCUT2D eigenvalue weighted by Crippen LogP contribution is -2.45. The molecule has 1 N–H and O–H groups in total. The molecule has 3 heteroatoms. The van der Waals surface area contributed by atoms with E-state index in [1.54, 1.807) is 0 Å². The molecule has 0 fully saturated rings. The van der Waals surface area contributed by atoms with Crippen LogP contribution in [0.25, 0.3) is 0 Å². The summed E-state index contributed by atoms with van der Waals surface area (Å²) in [6, 6.07) is 2.78. The second-order valence-corrected chi connectivity index (χ2v) is 5.69. The van der Waals surface area contributed by atoms with Gasteiger partial charge in [0.25, 0.3) is 0 Å². The first-order valence-electron chi connectivity index (χ1n) is 7.38. The van der Waals surface area contributed by atoms with Crippen LogP contribution in [-0.2, 0) is 0 Å². The molecule has 0 radical (unpaired) electrons. The third-order valence-electron chi connectivity index (χ3n) is 3.08. The van der Waals surface area contributed by atoms with Gasteiger partial charge in [-0.05, 0) is 66.1 Å². The standard InChI is InChI=1S/C15H31N3/c1-6-10-18(11-7-2)12-8-9-15(5,13-16)17-14(3)4/h14,17H,6-12H2,1-5H3. The van der Waals surface area contributed by atoms with Crippen molar-refractivity contribution in [2.24, 2.45) is 0 Å². The predicted molar refractivity (Wildman–Crippen MR) is 78.5 cm³/mol. The summed E-state index contributed by atoms with van der Waals surface area (Å²) in [7, 11) is 0. The highest BCUT2D eigenvalue weighted by molar-refractivity contribution is 5.04. The van der Waals surface area contributed by atoms with Crippen molar-refractivity contribution in [1.82, 2.24) is 10.2 Å². The third-order valence-corrected chi connectivity index (χ3v) is 3.08. The summed E-state index contributed by atoms with van der Waals surface area (Å²) in [5.41, 5.74) is -0.377. The van der Waals surface area contributed by atoms with E-state index in [2.05, 4.69) is 44.0 Å². The maximum absolute atomic E-state index is 9.28. The number of nitrogens with zero attached hydrogens (tertiary/aromatic N) is 2. The Morgan fingerprint density at radius 3 is 2.11 bits per heavy atom. The summed E-state index contributed by atoms with van der Waals surface area (Å²) in [5, 5.41) is 12.6. The van der Waals surface area contributed by atoms with Crippen LogP contribution >= 0.6 is 0 Å². The van der Waals surface area contributed by atoms with Gasteiger partial charge in [0.15, 0.2) is 0 Å². The van der Waals surface area contributed by atoms with Crippen molar-refractivity contribution in [2.45, 2.75) is 71.9 Å². The second kappa shape index (κ2) is 9.35. The lowest BCUT2D eigenvalue weighted by molar-refractivity contribution is 0.255. The van der Waals surface area contributed by atoms with E-state index in [0.717, 1.165) is 19.4 Å². The Kier molecular flexibility index (Phi) is 9.05. The van der Waals surface area contributed by atoms with Gasteiger partial charge in [0.2, 0.25) is 0 Å². The topological polar surface area (TPSA) is 39.1 Å². The molecule has 0 aromatic carbocycles. The zero-order valence-electron chi connectivity index (χ0n) is 12.9. The van der Waals surface area contributed by atoms with E-state index < -0.39 is 0 Å². The lowest BCUT2D eigenvalue weighted by Gasteiger charge is -2.27. The average Bonchev–Trinajstić information content (AvgIpc) is 2.28. The fourth-order valence-electron chi connectivity index (χ4n) is 2.42. The molecule has 0 aromatic heterocycles. The predicted octanol–water partition coefficient (Wildman–Crippen LogP) is 3.17. The largest absolute Gasteiger partial charge is 0.303 e. The Labute approximate surface area is 114 Å². The maximum atomic E-state index is 9.28. The van der Waals surface area contributed by atoms with Gasteiger partial charge in [0, 0.05) is 6.04 Å². The molecular formula is C15H31N3. The average molecular weight is 253 g/mol. The third kappa shape index (κ3) is 7.68. The van der Waals surface area contributed by atoms with Crippen LogP contribution in [0.5, 0.6) is 0 Å². The van der Waals surface area contributed by atoms with Crippen molar-refractivity contribution in [2.75, 3.05) is 19.6 Å². The zero-order valence-corrected chi connectivity index (χ0v) is 12.9. The van der Waals surface area contributed by atoms with Crippen LogP contribution in [0, 0.1) is 11.3 Å². The minimum atomic E-state index is -0.377. The highest BCUT2D eigenvalue weighted by Gasteiger charge is 2.23. The first kappa shape index (κ1) is 17.4. The van der Waals surface area contributed by atoms with E-state index in [1.807, 2.05) is 6.92 Å². The Hall–Kier alpha value is -0.590. The smallest absolute Gasteiger partial charge is 0.104 e. The van der Waals surface area contributed by atoms with Gasteiger partial charge in [-0.25, -0.2) is 0 Å². The molecule has 0 aliphatic carbocycles. The first-order chi connectivity index (χ1) is 8.47. The fourth-order valence-corrected chi connectivity index (χ4v) is 2.42. The minimum absolute atomic E-state index is 0.358. The summed E-state index contributed by atoms with van der Waals surface area (Å²) in [6.07, 6.45) is 4.43. The number of nitrogens with one attached hydrogen (secondary N) is 1. The molecule has 0 aliphatic rings. The Bertz CT molecular complexity index is 239. The van der Waals surface area contributed by atoms with E-state index in [-0.39, 0.29) is 5.54 Å². The number of hydrogen-bond donors (Lipinski definition) is 1. The van der Waals surface area contributed by atoms with Gasteiger partial charge in [0.05, 0.1) is 6.07 Å². The second-order valence-electron chi connectivity index (χ2n) is 5.69. The van der Waals surface area contributed by atoms with E-state index in [1.165, 1.54) is 25.9 Å². The van der Waals surface area contributed by atoms with E-state index in [4.69, 9.17) is 0 Å². The molecule has 18 heavy (non-hydrogen) atoms. The lowest BCUT2D eigenvalue weighted by atomic mass is 9.96. The number of nitriles is 1. The van der Waals surface area contributed by atoms with Crippen LogP contribution in [0.2, 0.25) is 0 Å². The maximum Gasteiger partial charge on any atom is 0.104 e. The number of rotatable bonds is 10. The first-order valence-corrected chi connectivity index (χ1v) is 7.38. The van der Waals surface area contributed by atoms with Gasteiger partial charge >= 0.3 is 0 Å². The molecule has 1 atom stereocenters. The van der Waals surface area contributed by atoms with Crippen molar-refractivity contribution < 1.29 is 0 Å². The van der Waals surface area contributed by atoms with Crippen LogP contribution in [0.1, 0.15) is 60.3 Å². The highest BCUT2D eigenvalue weighted by atomic mass is 15.1. The van der Waals surface area contributed by atoms with Gasteiger partial charge in [-0.2, -0.15) is 5.26 Å². The van der Waals surface area contributed by atoms with Gasteiger partial charge in [-0.3, -0.25) is 5.32 Å². The van der Waals surface area contributed by atoms with E-state index in [0.29, 0.717) is 6.04 Å². The van der Waals surface area contributed by atoms with Gasteiger partial charge in [0.1, 0.15) is 5.54 Å². The van der Waals surface area contributed by atoms with Gasteiger partial charge < -0.3 is 4.90 Å². The van der Waals surface area contributed by atoms with Crippen LogP contribution in [0.4, 0.5) is 0 Å². The molecule has 0 aliphatic heterocycles. The van der Waals surface area contributed by atoms with Crippen LogP contribution in [0.15, 0.2) is 0 Å². The molecule has 0 aromatic rings. The molecule has 3 nitrogen and oxygen atoms in total. The van der Waals surface area contributed by atoms with Crippen molar-refractivity contribution in [3.8, 4) is 6.07 Å². The molecular weight excluding hydrogens is 222 g/mol. The Balaban J connectivity index is 4.08. The molecule has 106 valence electrons. The quantitative estimate of drug-likeness (QED) is 0.650. The summed E-state index contributed by atoms with van der Waals surface area (Å²) in [5.74, 6) is 0. The number of hydrogen-bond acceptors (Lipinski definition) is 3. The van der Waals surface area contributed by atoms with E-state index in [9.17, 15) is 5.26 Å². The summed E-state index contributed by atoms with van der Waals surface area (Å²) >= 11 is 0. The molecule has 0 amide bonds. The molecule has 0 bridgehead atoms. The minimum Gasteiger partial charge on any atom is -0.303 e. The molecule has 1 unspecified atom stereocenters. The van der Waals surface area contributed by atoms with Crippen molar-refractivity contribution in [1.29, 1.82) is 5.26 Å². The Morgan fingerprint density at radius 2 is 1.72 bits per heavy atom. The normalized spacial score (nSPS) is 14.8. The monoisotopic (exact) mass is 253 g/mol. The van der Waals surface area contributed by atoms with Crippen LogP contribution < -0.4 is 5.32 Å². The highest BCUT2D eigenvalue weighted by Crippen LogP contribution is 2.13.